The smallest absolute Gasteiger partial charge is 0.223 e. The van der Waals surface area contributed by atoms with Gasteiger partial charge in [0.1, 0.15) is 18.2 Å². The number of amides is 1. The average Bonchev–Trinajstić information content (AvgIpc) is 3.18. The Balaban J connectivity index is 1.73. The molecule has 0 radical (unpaired) electrons. The summed E-state index contributed by atoms with van der Waals surface area (Å²) >= 11 is 0. The van der Waals surface area contributed by atoms with Crippen LogP contribution in [0.15, 0.2) is 48.5 Å². The van der Waals surface area contributed by atoms with Gasteiger partial charge in [-0.1, -0.05) is 52.0 Å². The first-order valence-electron chi connectivity index (χ1n) is 12.0. The molecule has 32 heavy (non-hydrogen) atoms. The van der Waals surface area contributed by atoms with Crippen LogP contribution in [0.4, 0.5) is 0 Å². The van der Waals surface area contributed by atoms with Crippen molar-refractivity contribution in [3.8, 4) is 5.75 Å². The zero-order valence-electron chi connectivity index (χ0n) is 20.1. The van der Waals surface area contributed by atoms with Gasteiger partial charge in [0.25, 0.3) is 0 Å². The van der Waals surface area contributed by atoms with Crippen molar-refractivity contribution in [2.45, 2.75) is 72.4 Å². The molecule has 3 aromatic rings. The zero-order valence-corrected chi connectivity index (χ0v) is 20.1. The van der Waals surface area contributed by atoms with E-state index < -0.39 is 0 Å². The van der Waals surface area contributed by atoms with Crippen LogP contribution in [-0.4, -0.2) is 22.1 Å². The summed E-state index contributed by atoms with van der Waals surface area (Å²) in [6.07, 6.45) is 2.81. The Morgan fingerprint density at radius 1 is 1.00 bits per heavy atom. The van der Waals surface area contributed by atoms with Crippen LogP contribution in [0, 0.1) is 5.92 Å². The fraction of sp³-hybridized carbons (Fsp3) is 0.481. The lowest BCUT2D eigenvalue weighted by molar-refractivity contribution is -0.125. The molecule has 0 spiro atoms. The largest absolute Gasteiger partial charge is 0.492 e. The highest BCUT2D eigenvalue weighted by Gasteiger charge is 2.21. The first-order chi connectivity index (χ1) is 15.5. The Labute approximate surface area is 192 Å². The van der Waals surface area contributed by atoms with Crippen molar-refractivity contribution in [3.05, 3.63) is 59.9 Å². The number of carbonyl (C=O) groups is 1. The Kier molecular flexibility index (Phi) is 8.32. The lowest BCUT2D eigenvalue weighted by atomic mass is 9.99. The molecule has 0 aliphatic rings. The van der Waals surface area contributed by atoms with Crippen LogP contribution in [0.1, 0.15) is 77.2 Å². The third kappa shape index (κ3) is 5.50. The minimum Gasteiger partial charge on any atom is -0.492 e. The van der Waals surface area contributed by atoms with Gasteiger partial charge in [0.05, 0.1) is 23.6 Å². The predicted molar refractivity (Wildman–Crippen MR) is 131 cm³/mol. The van der Waals surface area contributed by atoms with Gasteiger partial charge >= 0.3 is 0 Å². The highest BCUT2D eigenvalue weighted by molar-refractivity contribution is 5.79. The molecule has 0 bridgehead atoms. The summed E-state index contributed by atoms with van der Waals surface area (Å²) in [6.45, 7) is 11.8. The van der Waals surface area contributed by atoms with Gasteiger partial charge in [0.2, 0.25) is 5.91 Å². The highest BCUT2D eigenvalue weighted by atomic mass is 16.5. The lowest BCUT2D eigenvalue weighted by Crippen LogP contribution is -2.33. The molecule has 0 aliphatic carbocycles. The standard InChI is InChI=1S/C27H37N3O2/c1-6-19(4)22-13-15-23(16-14-22)32-18-17-30-25-12-10-9-11-24(25)29-26(30)20(5)28-27(31)21(7-2)8-3/h9-16,19-21H,6-8,17-18H2,1-5H3,(H,28,31). The SMILES string of the molecule is CCC(CC)C(=O)NC(C)c1nc2ccccc2n1CCOc1ccc(C(C)CC)cc1. The van der Waals surface area contributed by atoms with E-state index in [4.69, 9.17) is 9.72 Å². The van der Waals surface area contributed by atoms with Gasteiger partial charge < -0.3 is 14.6 Å². The lowest BCUT2D eigenvalue weighted by Gasteiger charge is -2.19. The van der Waals surface area contributed by atoms with Crippen LogP contribution in [0.25, 0.3) is 11.0 Å². The van der Waals surface area contributed by atoms with Crippen molar-refractivity contribution < 1.29 is 9.53 Å². The van der Waals surface area contributed by atoms with E-state index in [2.05, 4.69) is 55.8 Å². The number of nitrogens with zero attached hydrogens (tertiary/aromatic N) is 2. The van der Waals surface area contributed by atoms with Crippen molar-refractivity contribution in [2.75, 3.05) is 6.61 Å². The molecule has 3 rings (SSSR count). The molecule has 5 heteroatoms. The number of aromatic nitrogens is 2. The van der Waals surface area contributed by atoms with Gasteiger partial charge in [-0.05, 0) is 61.9 Å². The molecule has 0 aliphatic heterocycles. The number of nitrogens with one attached hydrogen (secondary N) is 1. The van der Waals surface area contributed by atoms with E-state index in [0.29, 0.717) is 19.1 Å². The van der Waals surface area contributed by atoms with Gasteiger partial charge in [-0.25, -0.2) is 4.98 Å². The van der Waals surface area contributed by atoms with Gasteiger partial charge in [0.15, 0.2) is 0 Å². The van der Waals surface area contributed by atoms with E-state index in [1.165, 1.54) is 5.56 Å². The molecular formula is C27H37N3O2. The summed E-state index contributed by atoms with van der Waals surface area (Å²) in [7, 11) is 0. The fourth-order valence-electron chi connectivity index (χ4n) is 4.10. The van der Waals surface area contributed by atoms with E-state index in [-0.39, 0.29) is 17.9 Å². The van der Waals surface area contributed by atoms with Crippen LogP contribution in [-0.2, 0) is 11.3 Å². The van der Waals surface area contributed by atoms with Crippen LogP contribution in [0.5, 0.6) is 5.75 Å². The topological polar surface area (TPSA) is 56.2 Å². The zero-order chi connectivity index (χ0) is 23.1. The van der Waals surface area contributed by atoms with E-state index in [0.717, 1.165) is 41.9 Å². The van der Waals surface area contributed by atoms with E-state index in [1.807, 2.05) is 37.3 Å². The maximum absolute atomic E-state index is 12.6. The van der Waals surface area contributed by atoms with Crippen LogP contribution in [0.3, 0.4) is 0 Å². The van der Waals surface area contributed by atoms with Crippen LogP contribution >= 0.6 is 0 Å². The van der Waals surface area contributed by atoms with Crippen molar-refractivity contribution >= 4 is 16.9 Å². The minimum absolute atomic E-state index is 0.0389. The molecule has 2 aromatic carbocycles. The summed E-state index contributed by atoms with van der Waals surface area (Å²) in [5, 5.41) is 3.17. The predicted octanol–water partition coefficient (Wildman–Crippen LogP) is 6.24. The number of hydrogen-bond acceptors (Lipinski definition) is 3. The van der Waals surface area contributed by atoms with Gasteiger partial charge in [-0.15, -0.1) is 0 Å². The first kappa shape index (κ1) is 23.8. The molecule has 2 unspecified atom stereocenters. The second kappa shape index (κ2) is 11.2. The Morgan fingerprint density at radius 2 is 1.69 bits per heavy atom. The summed E-state index contributed by atoms with van der Waals surface area (Å²) < 4.78 is 8.22. The van der Waals surface area contributed by atoms with Gasteiger partial charge in [-0.2, -0.15) is 0 Å². The molecule has 1 aromatic heterocycles. The van der Waals surface area contributed by atoms with Crippen LogP contribution < -0.4 is 10.1 Å². The normalized spacial score (nSPS) is 13.3. The summed E-state index contributed by atoms with van der Waals surface area (Å²) in [6, 6.07) is 16.3. The van der Waals surface area contributed by atoms with Crippen molar-refractivity contribution in [1.82, 2.24) is 14.9 Å². The third-order valence-corrected chi connectivity index (χ3v) is 6.43. The second-order valence-electron chi connectivity index (χ2n) is 8.58. The number of para-hydroxylation sites is 2. The number of rotatable bonds is 11. The number of fused-ring (bicyclic) bond motifs is 1. The van der Waals surface area contributed by atoms with Crippen LogP contribution in [0.2, 0.25) is 0 Å². The molecule has 2 atom stereocenters. The summed E-state index contributed by atoms with van der Waals surface area (Å²) in [5.41, 5.74) is 3.33. The maximum atomic E-state index is 12.6. The van der Waals surface area contributed by atoms with E-state index >= 15 is 0 Å². The van der Waals surface area contributed by atoms with Gasteiger partial charge in [-0.3, -0.25) is 4.79 Å². The number of carbonyl (C=O) groups excluding carboxylic acids is 1. The number of ether oxygens (including phenoxy) is 1. The molecule has 0 saturated heterocycles. The molecule has 1 amide bonds. The maximum Gasteiger partial charge on any atom is 0.223 e. The molecule has 0 fully saturated rings. The Morgan fingerprint density at radius 3 is 2.34 bits per heavy atom. The summed E-state index contributed by atoms with van der Waals surface area (Å²) in [5.74, 6) is 2.43. The monoisotopic (exact) mass is 435 g/mol. The average molecular weight is 436 g/mol. The first-order valence-corrected chi connectivity index (χ1v) is 12.0. The minimum atomic E-state index is -0.176. The van der Waals surface area contributed by atoms with Crippen molar-refractivity contribution in [2.24, 2.45) is 5.92 Å². The molecule has 5 nitrogen and oxygen atoms in total. The molecule has 172 valence electrons. The van der Waals surface area contributed by atoms with Crippen molar-refractivity contribution in [1.29, 1.82) is 0 Å². The Hall–Kier alpha value is -2.82. The Bertz CT molecular complexity index is 1010. The van der Waals surface area contributed by atoms with E-state index in [9.17, 15) is 4.79 Å². The highest BCUT2D eigenvalue weighted by Crippen LogP contribution is 2.23. The second-order valence-corrected chi connectivity index (χ2v) is 8.58. The summed E-state index contributed by atoms with van der Waals surface area (Å²) in [4.78, 5) is 17.5. The van der Waals surface area contributed by atoms with Crippen molar-refractivity contribution in [3.63, 3.8) is 0 Å². The molecule has 1 N–H and O–H groups in total. The fourth-order valence-corrected chi connectivity index (χ4v) is 4.10. The number of imidazole rings is 1. The van der Waals surface area contributed by atoms with Gasteiger partial charge in [0, 0.05) is 5.92 Å². The molecule has 0 saturated carbocycles. The number of hydrogen-bond donors (Lipinski definition) is 1. The third-order valence-electron chi connectivity index (χ3n) is 6.43. The quantitative estimate of drug-likeness (QED) is 0.388. The van der Waals surface area contributed by atoms with E-state index in [1.54, 1.807) is 0 Å². The number of benzene rings is 2. The molecular weight excluding hydrogens is 398 g/mol. The molecule has 1 heterocycles.